The van der Waals surface area contributed by atoms with Crippen molar-refractivity contribution in [3.8, 4) is 11.1 Å². The summed E-state index contributed by atoms with van der Waals surface area (Å²) in [6.07, 6.45) is 13.0. The van der Waals surface area contributed by atoms with Gasteiger partial charge in [-0.15, -0.1) is 0 Å². The lowest BCUT2D eigenvalue weighted by atomic mass is 9.94. The first-order valence-electron chi connectivity index (χ1n) is 21.3. The van der Waals surface area contributed by atoms with Gasteiger partial charge in [-0.2, -0.15) is 0 Å². The SMILES string of the molecule is CN(C)c1ccc(C(=O)N2CCC[C@H]2C2=NC=C(c3ccc(-c4ccc(C5=CN=C([C@@H]6CCCN6C(=O)[C@@H](c6ccccc6)N6CCCCC6)C5)cc4)cc3)C2)cc1. The lowest BCUT2D eigenvalue weighted by Crippen LogP contribution is -2.48. The van der Waals surface area contributed by atoms with Crippen molar-refractivity contribution >= 4 is 40.1 Å². The summed E-state index contributed by atoms with van der Waals surface area (Å²) in [5.74, 6) is 0.318. The number of benzene rings is 4. The van der Waals surface area contributed by atoms with E-state index in [-0.39, 0.29) is 29.9 Å². The first-order valence-corrected chi connectivity index (χ1v) is 21.3. The Kier molecular flexibility index (Phi) is 10.9. The average Bonchev–Trinajstić information content (AvgIpc) is 4.12. The molecule has 3 saturated heterocycles. The first-order chi connectivity index (χ1) is 28.4. The fourth-order valence-electron chi connectivity index (χ4n) is 9.69. The van der Waals surface area contributed by atoms with E-state index >= 15 is 0 Å². The Hall–Kier alpha value is -5.60. The van der Waals surface area contributed by atoms with Crippen molar-refractivity contribution in [3.05, 3.63) is 138 Å². The number of carbonyl (C=O) groups excluding carboxylic acids is 2. The Morgan fingerprint density at radius 2 is 1.10 bits per heavy atom. The predicted octanol–water partition coefficient (Wildman–Crippen LogP) is 9.31. The number of allylic oxidation sites excluding steroid dienone is 2. The minimum absolute atomic E-state index is 0.0417. The number of likely N-dealkylation sites (tertiary alicyclic amines) is 3. The van der Waals surface area contributed by atoms with Crippen LogP contribution < -0.4 is 4.90 Å². The summed E-state index contributed by atoms with van der Waals surface area (Å²) in [6, 6.07) is 35.7. The summed E-state index contributed by atoms with van der Waals surface area (Å²) >= 11 is 0. The van der Waals surface area contributed by atoms with Gasteiger partial charge in [0.2, 0.25) is 5.91 Å². The number of aliphatic imine (C=N–C) groups is 2. The number of hydrogen-bond acceptors (Lipinski definition) is 6. The molecule has 5 heterocycles. The highest BCUT2D eigenvalue weighted by molar-refractivity contribution is 6.06. The van der Waals surface area contributed by atoms with E-state index in [1.54, 1.807) is 0 Å². The maximum absolute atomic E-state index is 14.4. The zero-order valence-electron chi connectivity index (χ0n) is 33.9. The Balaban J connectivity index is 0.806. The minimum atomic E-state index is -0.226. The molecular weight excluding hydrogens is 717 g/mol. The summed E-state index contributed by atoms with van der Waals surface area (Å²) in [5, 5.41) is 0. The van der Waals surface area contributed by atoms with Crippen LogP contribution >= 0.6 is 0 Å². The van der Waals surface area contributed by atoms with E-state index in [9.17, 15) is 9.59 Å². The molecule has 8 nitrogen and oxygen atoms in total. The molecule has 0 spiro atoms. The molecule has 4 aromatic carbocycles. The number of rotatable bonds is 10. The van der Waals surface area contributed by atoms with E-state index in [0.717, 1.165) is 106 Å². The molecule has 2 amide bonds. The van der Waals surface area contributed by atoms with Gasteiger partial charge in [0.25, 0.3) is 5.91 Å². The molecule has 5 aliphatic rings. The normalized spacial score (nSPS) is 21.4. The lowest BCUT2D eigenvalue weighted by Gasteiger charge is -2.37. The van der Waals surface area contributed by atoms with Gasteiger partial charge in [-0.1, -0.05) is 85.3 Å². The zero-order chi connectivity index (χ0) is 39.6. The highest BCUT2D eigenvalue weighted by Crippen LogP contribution is 2.36. The van der Waals surface area contributed by atoms with Gasteiger partial charge < -0.3 is 14.7 Å². The van der Waals surface area contributed by atoms with Gasteiger partial charge in [0.15, 0.2) is 0 Å². The van der Waals surface area contributed by atoms with Gasteiger partial charge >= 0.3 is 0 Å². The topological polar surface area (TPSA) is 71.8 Å². The van der Waals surface area contributed by atoms with Gasteiger partial charge in [-0.3, -0.25) is 24.5 Å². The van der Waals surface area contributed by atoms with Gasteiger partial charge in [0.1, 0.15) is 6.04 Å². The lowest BCUT2D eigenvalue weighted by molar-refractivity contribution is -0.137. The third kappa shape index (κ3) is 7.70. The molecule has 0 N–H and O–H groups in total. The van der Waals surface area contributed by atoms with E-state index in [0.29, 0.717) is 0 Å². The molecule has 3 fully saturated rings. The zero-order valence-corrected chi connectivity index (χ0v) is 33.9. The standard InChI is InChI=1S/C50H54N6O2/c1-53(2)43-25-23-40(24-26-43)49(57)55-29-9-13-46(55)44-31-41(33-51-44)37-19-15-35(16-20-37)36-17-21-38(22-18-36)42-32-45(52-34-42)47-14-10-30-56(47)50(58)48(39-11-5-3-6-12-39)54-27-7-4-8-28-54/h3,5-6,11-12,15-26,33-34,46-48H,4,7-10,13-14,27-32H2,1-2H3/t46-,47-,48+/m0/s1. The van der Waals surface area contributed by atoms with Crippen LogP contribution in [-0.2, 0) is 4.79 Å². The molecule has 0 bridgehead atoms. The van der Waals surface area contributed by atoms with Crippen LogP contribution in [0.5, 0.6) is 0 Å². The molecule has 296 valence electrons. The monoisotopic (exact) mass is 770 g/mol. The summed E-state index contributed by atoms with van der Waals surface area (Å²) in [5.41, 5.74) is 12.2. The van der Waals surface area contributed by atoms with E-state index in [2.05, 4.69) is 82.6 Å². The third-order valence-corrected chi connectivity index (χ3v) is 12.9. The Morgan fingerprint density at radius 1 is 0.586 bits per heavy atom. The second kappa shape index (κ2) is 16.7. The molecule has 4 aromatic rings. The van der Waals surface area contributed by atoms with Crippen molar-refractivity contribution in [3.63, 3.8) is 0 Å². The Bertz CT molecular complexity index is 2250. The van der Waals surface area contributed by atoms with Gasteiger partial charge in [-0.25, -0.2) is 0 Å². The number of carbonyl (C=O) groups is 2. The smallest absolute Gasteiger partial charge is 0.254 e. The fourth-order valence-corrected chi connectivity index (χ4v) is 9.69. The summed E-state index contributed by atoms with van der Waals surface area (Å²) in [7, 11) is 4.02. The molecule has 5 aliphatic heterocycles. The minimum Gasteiger partial charge on any atom is -0.378 e. The van der Waals surface area contributed by atoms with Crippen LogP contribution in [0.4, 0.5) is 5.69 Å². The molecule has 0 aromatic heterocycles. The van der Waals surface area contributed by atoms with E-state index in [4.69, 9.17) is 9.98 Å². The number of piperidine rings is 1. The Labute approximate surface area is 343 Å². The molecule has 0 radical (unpaired) electrons. The van der Waals surface area contributed by atoms with Crippen LogP contribution in [0.15, 0.2) is 126 Å². The van der Waals surface area contributed by atoms with Crippen molar-refractivity contribution in [2.45, 2.75) is 75.9 Å². The number of anilines is 1. The van der Waals surface area contributed by atoms with Gasteiger partial charge in [0, 0.05) is 75.1 Å². The van der Waals surface area contributed by atoms with Crippen molar-refractivity contribution in [1.82, 2.24) is 14.7 Å². The highest BCUT2D eigenvalue weighted by Gasteiger charge is 2.40. The van der Waals surface area contributed by atoms with Crippen LogP contribution in [0.1, 0.15) is 90.9 Å². The second-order valence-corrected chi connectivity index (χ2v) is 16.8. The molecule has 3 atom stereocenters. The fraction of sp³-hybridized carbons (Fsp3) is 0.360. The molecular formula is C50H54N6O2. The van der Waals surface area contributed by atoms with Crippen LogP contribution in [-0.4, -0.2) is 90.3 Å². The van der Waals surface area contributed by atoms with Crippen LogP contribution in [0.2, 0.25) is 0 Å². The molecule has 0 saturated carbocycles. The van der Waals surface area contributed by atoms with E-state index < -0.39 is 0 Å². The largest absolute Gasteiger partial charge is 0.378 e. The molecule has 9 rings (SSSR count). The van der Waals surface area contributed by atoms with Crippen LogP contribution in [0.3, 0.4) is 0 Å². The third-order valence-electron chi connectivity index (χ3n) is 12.9. The number of amides is 2. The number of nitrogens with zero attached hydrogens (tertiary/aromatic N) is 6. The van der Waals surface area contributed by atoms with Crippen molar-refractivity contribution in [2.75, 3.05) is 45.2 Å². The predicted molar refractivity (Wildman–Crippen MR) is 236 cm³/mol. The molecule has 0 aliphatic carbocycles. The number of hydrogen-bond donors (Lipinski definition) is 0. The second-order valence-electron chi connectivity index (χ2n) is 16.8. The summed E-state index contributed by atoms with van der Waals surface area (Å²) in [4.78, 5) is 46.4. The quantitative estimate of drug-likeness (QED) is 0.161. The summed E-state index contributed by atoms with van der Waals surface area (Å²) in [6.45, 7) is 3.51. The van der Waals surface area contributed by atoms with Crippen molar-refractivity contribution < 1.29 is 9.59 Å². The first kappa shape index (κ1) is 37.9. The highest BCUT2D eigenvalue weighted by atomic mass is 16.2. The van der Waals surface area contributed by atoms with Crippen molar-refractivity contribution in [2.24, 2.45) is 9.98 Å². The maximum Gasteiger partial charge on any atom is 0.254 e. The maximum atomic E-state index is 14.4. The molecule has 0 unspecified atom stereocenters. The van der Waals surface area contributed by atoms with Crippen LogP contribution in [0, 0.1) is 0 Å². The van der Waals surface area contributed by atoms with Crippen molar-refractivity contribution in [1.29, 1.82) is 0 Å². The molecule has 8 heteroatoms. The Morgan fingerprint density at radius 3 is 1.66 bits per heavy atom. The average molecular weight is 771 g/mol. The van der Waals surface area contributed by atoms with E-state index in [1.165, 1.54) is 39.8 Å². The van der Waals surface area contributed by atoms with Gasteiger partial charge in [0.05, 0.1) is 12.1 Å². The van der Waals surface area contributed by atoms with Gasteiger partial charge in [-0.05, 0) is 115 Å². The van der Waals surface area contributed by atoms with Crippen LogP contribution in [0.25, 0.3) is 22.3 Å². The summed E-state index contributed by atoms with van der Waals surface area (Å²) < 4.78 is 0. The van der Waals surface area contributed by atoms with E-state index in [1.807, 2.05) is 66.6 Å². The molecule has 58 heavy (non-hydrogen) atoms.